The third-order valence-corrected chi connectivity index (χ3v) is 3.98. The topological polar surface area (TPSA) is 20.3 Å². The van der Waals surface area contributed by atoms with Crippen LogP contribution in [0.15, 0.2) is 12.1 Å². The Hall–Kier alpha value is -0.830. The van der Waals surface area contributed by atoms with Crippen molar-refractivity contribution in [1.82, 2.24) is 4.90 Å². The third kappa shape index (κ3) is 3.08. The lowest BCUT2D eigenvalue weighted by molar-refractivity contribution is -0.139. The minimum atomic E-state index is -0.249. The predicted molar refractivity (Wildman–Crippen MR) is 69.6 cm³/mol. The van der Waals surface area contributed by atoms with Gasteiger partial charge < -0.3 is 4.90 Å². The Balaban J connectivity index is 2.65. The Labute approximate surface area is 102 Å². The van der Waals surface area contributed by atoms with Gasteiger partial charge in [-0.05, 0) is 25.5 Å². The van der Waals surface area contributed by atoms with Crippen molar-refractivity contribution in [1.29, 1.82) is 0 Å². The number of carbonyl (C=O) groups is 1. The number of rotatable bonds is 4. The summed E-state index contributed by atoms with van der Waals surface area (Å²) in [6.45, 7) is 8.88. The van der Waals surface area contributed by atoms with Crippen LogP contribution in [-0.2, 0) is 11.3 Å². The molecule has 0 N–H and O–H groups in total. The van der Waals surface area contributed by atoms with Crippen LogP contribution >= 0.6 is 11.3 Å². The van der Waals surface area contributed by atoms with Gasteiger partial charge in [-0.3, -0.25) is 4.79 Å². The van der Waals surface area contributed by atoms with Crippen molar-refractivity contribution in [2.24, 2.45) is 5.41 Å². The highest BCUT2D eigenvalue weighted by atomic mass is 32.1. The predicted octanol–water partition coefficient (Wildman–Crippen LogP) is 3.45. The highest BCUT2D eigenvalue weighted by Gasteiger charge is 2.28. The Bertz CT molecular complexity index is 368. The Morgan fingerprint density at radius 1 is 1.44 bits per heavy atom. The molecule has 2 nitrogen and oxygen atoms in total. The molecule has 1 aromatic rings. The molecule has 0 fully saturated rings. The van der Waals surface area contributed by atoms with Crippen molar-refractivity contribution in [2.75, 3.05) is 7.05 Å². The molecule has 0 spiro atoms. The number of hydrogen-bond acceptors (Lipinski definition) is 2. The zero-order valence-electron chi connectivity index (χ0n) is 10.8. The van der Waals surface area contributed by atoms with Gasteiger partial charge in [0.1, 0.15) is 0 Å². The summed E-state index contributed by atoms with van der Waals surface area (Å²) in [4.78, 5) is 16.5. The smallest absolute Gasteiger partial charge is 0.228 e. The molecule has 0 unspecified atom stereocenters. The molecule has 90 valence electrons. The van der Waals surface area contributed by atoms with Gasteiger partial charge in [-0.15, -0.1) is 11.3 Å². The molecule has 0 aliphatic heterocycles. The van der Waals surface area contributed by atoms with E-state index in [9.17, 15) is 4.79 Å². The molecule has 0 radical (unpaired) electrons. The summed E-state index contributed by atoms with van der Waals surface area (Å²) in [5.74, 6) is 0.223. The first-order valence-electron chi connectivity index (χ1n) is 5.67. The second-order valence-corrected chi connectivity index (χ2v) is 6.28. The molecule has 0 aliphatic rings. The summed E-state index contributed by atoms with van der Waals surface area (Å²) < 4.78 is 0. The van der Waals surface area contributed by atoms with Crippen molar-refractivity contribution >= 4 is 17.2 Å². The normalized spacial score (nSPS) is 11.6. The zero-order valence-corrected chi connectivity index (χ0v) is 11.6. The average molecular weight is 239 g/mol. The molecule has 1 aromatic heterocycles. The molecule has 0 bridgehead atoms. The zero-order chi connectivity index (χ0) is 12.3. The molecule has 0 atom stereocenters. The van der Waals surface area contributed by atoms with E-state index in [-0.39, 0.29) is 11.3 Å². The summed E-state index contributed by atoms with van der Waals surface area (Å²) in [7, 11) is 1.88. The van der Waals surface area contributed by atoms with Crippen LogP contribution in [0.5, 0.6) is 0 Å². The average Bonchev–Trinajstić information content (AvgIpc) is 2.62. The van der Waals surface area contributed by atoms with E-state index in [0.717, 1.165) is 13.0 Å². The summed E-state index contributed by atoms with van der Waals surface area (Å²) in [6.07, 6.45) is 0.875. The van der Waals surface area contributed by atoms with E-state index < -0.39 is 0 Å². The fraction of sp³-hybridized carbons (Fsp3) is 0.615. The molecule has 1 heterocycles. The lowest BCUT2D eigenvalue weighted by Gasteiger charge is -2.28. The quantitative estimate of drug-likeness (QED) is 0.788. The van der Waals surface area contributed by atoms with Gasteiger partial charge in [0.25, 0.3) is 0 Å². The second-order valence-electron chi connectivity index (χ2n) is 4.91. The van der Waals surface area contributed by atoms with E-state index >= 15 is 0 Å². The monoisotopic (exact) mass is 239 g/mol. The van der Waals surface area contributed by atoms with Crippen molar-refractivity contribution in [3.63, 3.8) is 0 Å². The molecule has 0 saturated carbocycles. The number of amides is 1. The first kappa shape index (κ1) is 13.2. The van der Waals surface area contributed by atoms with E-state index in [0.29, 0.717) is 0 Å². The molecule has 16 heavy (non-hydrogen) atoms. The van der Waals surface area contributed by atoms with Gasteiger partial charge in [-0.1, -0.05) is 20.8 Å². The number of thiophene rings is 1. The lowest BCUT2D eigenvalue weighted by atomic mass is 9.89. The first-order valence-corrected chi connectivity index (χ1v) is 6.49. The SMILES string of the molecule is CCC(C)(C)C(=O)N(C)Cc1ccc(C)s1. The van der Waals surface area contributed by atoms with Crippen LogP contribution in [0.1, 0.15) is 36.9 Å². The lowest BCUT2D eigenvalue weighted by Crippen LogP contribution is -2.37. The minimum absolute atomic E-state index is 0.223. The molecular formula is C13H21NOS. The molecule has 0 aliphatic carbocycles. The van der Waals surface area contributed by atoms with Crippen molar-refractivity contribution < 1.29 is 4.79 Å². The summed E-state index contributed by atoms with van der Waals surface area (Å²) in [5.41, 5.74) is -0.249. The molecule has 1 amide bonds. The highest BCUT2D eigenvalue weighted by Crippen LogP contribution is 2.24. The Morgan fingerprint density at radius 2 is 2.06 bits per heavy atom. The fourth-order valence-corrected chi connectivity index (χ4v) is 2.49. The maximum Gasteiger partial charge on any atom is 0.228 e. The number of nitrogens with zero attached hydrogens (tertiary/aromatic N) is 1. The Kier molecular flexibility index (Phi) is 4.14. The molecule has 3 heteroatoms. The molecule has 1 rings (SSSR count). The van der Waals surface area contributed by atoms with Crippen molar-refractivity contribution in [3.05, 3.63) is 21.9 Å². The maximum atomic E-state index is 12.1. The van der Waals surface area contributed by atoms with Gasteiger partial charge in [0.2, 0.25) is 5.91 Å². The minimum Gasteiger partial charge on any atom is -0.340 e. The van der Waals surface area contributed by atoms with E-state index in [2.05, 4.69) is 26.0 Å². The van der Waals surface area contributed by atoms with Gasteiger partial charge in [-0.2, -0.15) is 0 Å². The van der Waals surface area contributed by atoms with Gasteiger partial charge in [0, 0.05) is 22.2 Å². The van der Waals surface area contributed by atoms with Crippen molar-refractivity contribution in [2.45, 2.75) is 40.7 Å². The largest absolute Gasteiger partial charge is 0.340 e. The number of aryl methyl sites for hydroxylation is 1. The van der Waals surface area contributed by atoms with E-state index in [1.54, 1.807) is 11.3 Å². The summed E-state index contributed by atoms with van der Waals surface area (Å²) in [5, 5.41) is 0. The number of carbonyl (C=O) groups excluding carboxylic acids is 1. The molecule has 0 aromatic carbocycles. The van der Waals surface area contributed by atoms with Crippen LogP contribution in [-0.4, -0.2) is 17.9 Å². The van der Waals surface area contributed by atoms with Crippen LogP contribution in [0.3, 0.4) is 0 Å². The summed E-state index contributed by atoms with van der Waals surface area (Å²) in [6, 6.07) is 4.20. The first-order chi connectivity index (χ1) is 7.36. The second kappa shape index (κ2) is 5.00. The summed E-state index contributed by atoms with van der Waals surface area (Å²) >= 11 is 1.76. The molecule has 0 saturated heterocycles. The van der Waals surface area contributed by atoms with Crippen molar-refractivity contribution in [3.8, 4) is 0 Å². The number of hydrogen-bond donors (Lipinski definition) is 0. The van der Waals surface area contributed by atoms with Crippen LogP contribution in [0, 0.1) is 12.3 Å². The standard InChI is InChI=1S/C13H21NOS/c1-6-13(3,4)12(15)14(5)9-11-8-7-10(2)16-11/h7-8H,6,9H2,1-5H3. The van der Waals surface area contributed by atoms with Gasteiger partial charge in [0.05, 0.1) is 6.54 Å². The van der Waals surface area contributed by atoms with Crippen LogP contribution < -0.4 is 0 Å². The van der Waals surface area contributed by atoms with Gasteiger partial charge in [0.15, 0.2) is 0 Å². The highest BCUT2D eigenvalue weighted by molar-refractivity contribution is 7.11. The Morgan fingerprint density at radius 3 is 2.50 bits per heavy atom. The van der Waals surface area contributed by atoms with Crippen LogP contribution in [0.2, 0.25) is 0 Å². The van der Waals surface area contributed by atoms with E-state index in [1.807, 2.05) is 25.8 Å². The van der Waals surface area contributed by atoms with Crippen LogP contribution in [0.25, 0.3) is 0 Å². The third-order valence-electron chi connectivity index (χ3n) is 3.00. The van der Waals surface area contributed by atoms with Crippen LogP contribution in [0.4, 0.5) is 0 Å². The fourth-order valence-electron chi connectivity index (χ4n) is 1.54. The van der Waals surface area contributed by atoms with Gasteiger partial charge >= 0.3 is 0 Å². The molecular weight excluding hydrogens is 218 g/mol. The maximum absolute atomic E-state index is 12.1. The van der Waals surface area contributed by atoms with E-state index in [1.165, 1.54) is 9.75 Å². The van der Waals surface area contributed by atoms with E-state index in [4.69, 9.17) is 0 Å². The van der Waals surface area contributed by atoms with Gasteiger partial charge in [-0.25, -0.2) is 0 Å².